The number of rotatable bonds is 2. The van der Waals surface area contributed by atoms with Crippen LogP contribution in [0.2, 0.25) is 0 Å². The summed E-state index contributed by atoms with van der Waals surface area (Å²) in [5, 5.41) is 3.15. The molecule has 0 amide bonds. The first-order valence-electron chi connectivity index (χ1n) is 6.18. The zero-order valence-corrected chi connectivity index (χ0v) is 12.2. The van der Waals surface area contributed by atoms with Crippen molar-refractivity contribution in [3.8, 4) is 0 Å². The van der Waals surface area contributed by atoms with Gasteiger partial charge < -0.3 is 5.32 Å². The molecule has 1 N–H and O–H groups in total. The van der Waals surface area contributed by atoms with Crippen molar-refractivity contribution in [3.63, 3.8) is 0 Å². The van der Waals surface area contributed by atoms with Gasteiger partial charge in [0.1, 0.15) is 5.82 Å². The van der Waals surface area contributed by atoms with Gasteiger partial charge in [0.05, 0.1) is 5.69 Å². The quantitative estimate of drug-likeness (QED) is 0.856. The molecule has 0 atom stereocenters. The van der Waals surface area contributed by atoms with Gasteiger partial charge in [-0.2, -0.15) is 0 Å². The lowest BCUT2D eigenvalue weighted by atomic mass is 9.89. The molecule has 1 aromatic rings. The van der Waals surface area contributed by atoms with Crippen molar-refractivity contribution >= 4 is 0 Å². The minimum Gasteiger partial charge on any atom is -0.314 e. The Kier molecular flexibility index (Phi) is 3.92. The number of hydrogen-bond acceptors (Lipinski definition) is 3. The van der Waals surface area contributed by atoms with Gasteiger partial charge in [0.2, 0.25) is 0 Å². The van der Waals surface area contributed by atoms with E-state index in [1.807, 2.05) is 7.05 Å². The zero-order valence-electron chi connectivity index (χ0n) is 12.2. The Bertz CT molecular complexity index is 351. The van der Waals surface area contributed by atoms with Crippen LogP contribution in [0.5, 0.6) is 0 Å². The lowest BCUT2D eigenvalue weighted by Crippen LogP contribution is -2.23. The fourth-order valence-electron chi connectivity index (χ4n) is 1.49. The summed E-state index contributed by atoms with van der Waals surface area (Å²) in [4.78, 5) is 9.35. The van der Waals surface area contributed by atoms with E-state index in [1.165, 1.54) is 0 Å². The highest BCUT2D eigenvalue weighted by Crippen LogP contribution is 2.25. The molecule has 17 heavy (non-hydrogen) atoms. The Morgan fingerprint density at radius 1 is 1.00 bits per heavy atom. The molecule has 0 aliphatic heterocycles. The Morgan fingerprint density at radius 3 is 2.00 bits per heavy atom. The monoisotopic (exact) mass is 235 g/mol. The van der Waals surface area contributed by atoms with Crippen molar-refractivity contribution in [1.29, 1.82) is 0 Å². The Balaban J connectivity index is 3.29. The maximum absolute atomic E-state index is 4.72. The molecule has 0 aliphatic rings. The summed E-state index contributed by atoms with van der Waals surface area (Å²) in [5.41, 5.74) is 2.23. The van der Waals surface area contributed by atoms with Crippen LogP contribution >= 0.6 is 0 Å². The first kappa shape index (κ1) is 14.1. The van der Waals surface area contributed by atoms with Crippen LogP contribution < -0.4 is 5.32 Å². The molecule has 0 radical (unpaired) electrons. The molecular formula is C14H25N3. The highest BCUT2D eigenvalue weighted by molar-refractivity contribution is 5.20. The summed E-state index contributed by atoms with van der Waals surface area (Å²) < 4.78 is 0. The van der Waals surface area contributed by atoms with Crippen LogP contribution in [0.25, 0.3) is 0 Å². The van der Waals surface area contributed by atoms with Gasteiger partial charge in [-0.05, 0) is 13.1 Å². The predicted octanol–water partition coefficient (Wildman–Crippen LogP) is 2.79. The fraction of sp³-hybridized carbons (Fsp3) is 0.714. The van der Waals surface area contributed by atoms with Crippen LogP contribution in [0.15, 0.2) is 6.07 Å². The third-order valence-corrected chi connectivity index (χ3v) is 2.58. The van der Waals surface area contributed by atoms with E-state index in [4.69, 9.17) is 4.98 Å². The molecule has 0 unspecified atom stereocenters. The third-order valence-electron chi connectivity index (χ3n) is 2.58. The highest BCUT2D eigenvalue weighted by atomic mass is 14.9. The van der Waals surface area contributed by atoms with E-state index in [2.05, 4.69) is 57.9 Å². The van der Waals surface area contributed by atoms with Gasteiger partial charge in [0.25, 0.3) is 0 Å². The molecule has 0 aromatic carbocycles. The molecule has 1 aromatic heterocycles. The summed E-state index contributed by atoms with van der Waals surface area (Å²) in [6.07, 6.45) is 0. The summed E-state index contributed by atoms with van der Waals surface area (Å²) in [6.45, 7) is 13.8. The largest absolute Gasteiger partial charge is 0.314 e. The Morgan fingerprint density at radius 2 is 1.59 bits per heavy atom. The molecule has 0 saturated heterocycles. The maximum Gasteiger partial charge on any atom is 0.134 e. The summed E-state index contributed by atoms with van der Waals surface area (Å²) >= 11 is 0. The van der Waals surface area contributed by atoms with E-state index in [9.17, 15) is 0 Å². The van der Waals surface area contributed by atoms with Crippen LogP contribution in [0.4, 0.5) is 0 Å². The maximum atomic E-state index is 4.72. The fourth-order valence-corrected chi connectivity index (χ4v) is 1.49. The minimum absolute atomic E-state index is 0.0102. The van der Waals surface area contributed by atoms with Crippen LogP contribution in [0, 0.1) is 0 Å². The first-order valence-corrected chi connectivity index (χ1v) is 6.18. The Labute approximate surface area is 105 Å². The van der Waals surface area contributed by atoms with Crippen LogP contribution in [0.1, 0.15) is 58.8 Å². The van der Waals surface area contributed by atoms with Crippen molar-refractivity contribution in [2.45, 2.75) is 58.9 Å². The molecule has 0 bridgehead atoms. The molecule has 0 fully saturated rings. The third kappa shape index (κ3) is 3.77. The second kappa shape index (κ2) is 4.73. The average molecular weight is 235 g/mol. The van der Waals surface area contributed by atoms with Crippen molar-refractivity contribution in [2.24, 2.45) is 0 Å². The van der Waals surface area contributed by atoms with Gasteiger partial charge in [0, 0.05) is 23.1 Å². The molecule has 1 heterocycles. The highest BCUT2D eigenvalue weighted by Gasteiger charge is 2.23. The lowest BCUT2D eigenvalue weighted by Gasteiger charge is -2.23. The smallest absolute Gasteiger partial charge is 0.134 e. The minimum atomic E-state index is -0.0102. The van der Waals surface area contributed by atoms with Crippen molar-refractivity contribution < 1.29 is 0 Å². The number of nitrogens with zero attached hydrogens (tertiary/aromatic N) is 2. The van der Waals surface area contributed by atoms with Crippen LogP contribution in [-0.2, 0) is 17.4 Å². The zero-order chi connectivity index (χ0) is 13.3. The van der Waals surface area contributed by atoms with Gasteiger partial charge >= 0.3 is 0 Å². The van der Waals surface area contributed by atoms with Crippen molar-refractivity contribution in [2.75, 3.05) is 7.05 Å². The van der Waals surface area contributed by atoms with E-state index in [0.717, 1.165) is 23.8 Å². The van der Waals surface area contributed by atoms with E-state index < -0.39 is 0 Å². The normalized spacial score (nSPS) is 12.9. The standard InChI is InChI=1S/C14H25N3/c1-13(2,3)11-8-10(9-15-7)16-12(17-11)14(4,5)6/h8,15H,9H2,1-7H3. The topological polar surface area (TPSA) is 37.8 Å². The second-order valence-corrected chi connectivity index (χ2v) is 6.60. The molecule has 0 spiro atoms. The molecular weight excluding hydrogens is 210 g/mol. The van der Waals surface area contributed by atoms with E-state index >= 15 is 0 Å². The molecule has 0 saturated carbocycles. The summed E-state index contributed by atoms with van der Waals surface area (Å²) in [5.74, 6) is 0.926. The predicted molar refractivity (Wildman–Crippen MR) is 72.2 cm³/mol. The number of nitrogens with one attached hydrogen (secondary N) is 1. The van der Waals surface area contributed by atoms with Gasteiger partial charge in [-0.1, -0.05) is 41.5 Å². The second-order valence-electron chi connectivity index (χ2n) is 6.60. The van der Waals surface area contributed by atoms with Gasteiger partial charge in [-0.3, -0.25) is 0 Å². The SMILES string of the molecule is CNCc1cc(C(C)(C)C)nc(C(C)(C)C)n1. The van der Waals surface area contributed by atoms with Crippen LogP contribution in [-0.4, -0.2) is 17.0 Å². The van der Waals surface area contributed by atoms with E-state index in [1.54, 1.807) is 0 Å². The molecule has 96 valence electrons. The Hall–Kier alpha value is -0.960. The van der Waals surface area contributed by atoms with E-state index in [0.29, 0.717) is 0 Å². The first-order chi connectivity index (χ1) is 7.64. The average Bonchev–Trinajstić information content (AvgIpc) is 2.15. The molecule has 3 nitrogen and oxygen atoms in total. The number of hydrogen-bond donors (Lipinski definition) is 1. The van der Waals surface area contributed by atoms with Crippen molar-refractivity contribution in [3.05, 3.63) is 23.3 Å². The summed E-state index contributed by atoms with van der Waals surface area (Å²) in [6, 6.07) is 2.10. The molecule has 0 aliphatic carbocycles. The lowest BCUT2D eigenvalue weighted by molar-refractivity contribution is 0.507. The van der Waals surface area contributed by atoms with Crippen molar-refractivity contribution in [1.82, 2.24) is 15.3 Å². The molecule has 1 rings (SSSR count). The van der Waals surface area contributed by atoms with Gasteiger partial charge in [-0.15, -0.1) is 0 Å². The van der Waals surface area contributed by atoms with Gasteiger partial charge in [-0.25, -0.2) is 9.97 Å². The summed E-state index contributed by atoms with van der Waals surface area (Å²) in [7, 11) is 1.94. The van der Waals surface area contributed by atoms with Crippen LogP contribution in [0.3, 0.4) is 0 Å². The van der Waals surface area contributed by atoms with Gasteiger partial charge in [0.15, 0.2) is 0 Å². The molecule has 3 heteroatoms. The number of aromatic nitrogens is 2. The van der Waals surface area contributed by atoms with E-state index in [-0.39, 0.29) is 10.8 Å².